The van der Waals surface area contributed by atoms with E-state index in [0.717, 1.165) is 0 Å². The molecule has 0 aliphatic rings. The highest BCUT2D eigenvalue weighted by Gasteiger charge is 2.23. The Hall–Kier alpha value is -1.23. The van der Waals surface area contributed by atoms with Gasteiger partial charge in [-0.3, -0.25) is 0 Å². The van der Waals surface area contributed by atoms with Gasteiger partial charge >= 0.3 is 0 Å². The second-order valence-electron chi connectivity index (χ2n) is 5.39. The minimum absolute atomic E-state index is 0.318. The van der Waals surface area contributed by atoms with Crippen molar-refractivity contribution < 1.29 is 4.74 Å². The van der Waals surface area contributed by atoms with Crippen LogP contribution >= 0.6 is 34.8 Å². The highest BCUT2D eigenvalue weighted by Crippen LogP contribution is 2.36. The molecule has 1 aromatic carbocycles. The van der Waals surface area contributed by atoms with Crippen LogP contribution < -0.4 is 4.74 Å². The molecular formula is C14H14Cl3N3O. The lowest BCUT2D eigenvalue weighted by molar-refractivity contribution is 0.435. The average Bonchev–Trinajstić information content (AvgIpc) is 2.90. The maximum absolute atomic E-state index is 6.44. The molecule has 0 amide bonds. The van der Waals surface area contributed by atoms with Crippen LogP contribution in [0.1, 0.15) is 20.8 Å². The fourth-order valence-electron chi connectivity index (χ4n) is 1.49. The molecule has 1 heterocycles. The van der Waals surface area contributed by atoms with E-state index in [0.29, 0.717) is 26.7 Å². The van der Waals surface area contributed by atoms with Gasteiger partial charge in [0, 0.05) is 10.4 Å². The first-order chi connectivity index (χ1) is 9.79. The van der Waals surface area contributed by atoms with E-state index in [1.165, 1.54) is 4.68 Å². The molecule has 2 rings (SSSR count). The van der Waals surface area contributed by atoms with Crippen molar-refractivity contribution in [3.05, 3.63) is 45.7 Å². The SMILES string of the molecule is CC(C)(C)/C(Cl)=C(\Oc1ccc(Cl)cc1Cl)n1ccnn1. The van der Waals surface area contributed by atoms with E-state index in [1.54, 1.807) is 30.6 Å². The largest absolute Gasteiger partial charge is 0.436 e. The Morgan fingerprint density at radius 2 is 1.95 bits per heavy atom. The first kappa shape index (κ1) is 16.1. The maximum atomic E-state index is 6.44. The Kier molecular flexibility index (Phi) is 4.81. The summed E-state index contributed by atoms with van der Waals surface area (Å²) in [6, 6.07) is 4.96. The number of halogens is 3. The van der Waals surface area contributed by atoms with Gasteiger partial charge in [-0.05, 0) is 18.2 Å². The summed E-state index contributed by atoms with van der Waals surface area (Å²) in [5, 5.41) is 9.11. The first-order valence-corrected chi connectivity index (χ1v) is 7.32. The fourth-order valence-corrected chi connectivity index (χ4v) is 2.06. The number of aromatic nitrogens is 3. The van der Waals surface area contributed by atoms with Gasteiger partial charge < -0.3 is 4.74 Å². The molecule has 0 aliphatic carbocycles. The Morgan fingerprint density at radius 1 is 1.24 bits per heavy atom. The highest BCUT2D eigenvalue weighted by atomic mass is 35.5. The van der Waals surface area contributed by atoms with Crippen molar-refractivity contribution in [2.45, 2.75) is 20.8 Å². The van der Waals surface area contributed by atoms with Crippen LogP contribution in [-0.2, 0) is 0 Å². The lowest BCUT2D eigenvalue weighted by atomic mass is 9.96. The van der Waals surface area contributed by atoms with Crippen molar-refractivity contribution in [2.24, 2.45) is 5.41 Å². The molecule has 7 heteroatoms. The summed E-state index contributed by atoms with van der Waals surface area (Å²) in [5.41, 5.74) is -0.318. The van der Waals surface area contributed by atoms with Crippen molar-refractivity contribution in [1.29, 1.82) is 0 Å². The molecule has 0 saturated carbocycles. The Bertz CT molecular complexity index is 661. The minimum Gasteiger partial charge on any atom is -0.436 e. The zero-order valence-electron chi connectivity index (χ0n) is 11.8. The minimum atomic E-state index is -0.318. The van der Waals surface area contributed by atoms with E-state index in [1.807, 2.05) is 20.8 Å². The number of allylic oxidation sites excluding steroid dienone is 1. The molecule has 0 atom stereocenters. The van der Waals surface area contributed by atoms with E-state index < -0.39 is 0 Å². The number of rotatable bonds is 3. The van der Waals surface area contributed by atoms with Crippen LogP contribution in [0, 0.1) is 5.41 Å². The third-order valence-electron chi connectivity index (χ3n) is 2.58. The van der Waals surface area contributed by atoms with Crippen LogP contribution in [0.2, 0.25) is 10.0 Å². The summed E-state index contributed by atoms with van der Waals surface area (Å²) < 4.78 is 7.31. The lowest BCUT2D eigenvalue weighted by Gasteiger charge is -2.21. The fraction of sp³-hybridized carbons (Fsp3) is 0.286. The number of ether oxygens (including phenoxy) is 1. The van der Waals surface area contributed by atoms with Gasteiger partial charge in [-0.15, -0.1) is 5.10 Å². The van der Waals surface area contributed by atoms with Crippen LogP contribution in [0.3, 0.4) is 0 Å². The van der Waals surface area contributed by atoms with Gasteiger partial charge in [0.2, 0.25) is 5.88 Å². The molecule has 112 valence electrons. The van der Waals surface area contributed by atoms with Crippen LogP contribution in [-0.4, -0.2) is 15.0 Å². The molecule has 0 saturated heterocycles. The van der Waals surface area contributed by atoms with Crippen LogP contribution in [0.25, 0.3) is 5.88 Å². The molecule has 21 heavy (non-hydrogen) atoms. The van der Waals surface area contributed by atoms with Crippen molar-refractivity contribution >= 4 is 40.7 Å². The van der Waals surface area contributed by atoms with Gasteiger partial charge in [-0.1, -0.05) is 60.8 Å². The maximum Gasteiger partial charge on any atom is 0.237 e. The van der Waals surface area contributed by atoms with Gasteiger partial charge in [0.25, 0.3) is 0 Å². The molecule has 0 aliphatic heterocycles. The van der Waals surface area contributed by atoms with Crippen molar-refractivity contribution in [3.8, 4) is 5.75 Å². The monoisotopic (exact) mass is 345 g/mol. The summed E-state index contributed by atoms with van der Waals surface area (Å²) in [5.74, 6) is 0.792. The number of hydrogen-bond acceptors (Lipinski definition) is 3. The molecule has 2 aromatic rings. The van der Waals surface area contributed by atoms with E-state index in [-0.39, 0.29) is 5.41 Å². The molecule has 0 bridgehead atoms. The van der Waals surface area contributed by atoms with Crippen molar-refractivity contribution in [3.63, 3.8) is 0 Å². The molecule has 0 N–H and O–H groups in total. The van der Waals surface area contributed by atoms with Gasteiger partial charge in [0.1, 0.15) is 5.75 Å². The van der Waals surface area contributed by atoms with Crippen LogP contribution in [0.5, 0.6) is 5.75 Å². The summed E-state index contributed by atoms with van der Waals surface area (Å²) in [6.07, 6.45) is 3.19. The van der Waals surface area contributed by atoms with Gasteiger partial charge in [-0.25, -0.2) is 0 Å². The molecule has 0 spiro atoms. The van der Waals surface area contributed by atoms with Crippen LogP contribution in [0.4, 0.5) is 0 Å². The van der Waals surface area contributed by atoms with E-state index >= 15 is 0 Å². The van der Waals surface area contributed by atoms with Gasteiger partial charge in [0.15, 0.2) is 0 Å². The number of hydrogen-bond donors (Lipinski definition) is 0. The van der Waals surface area contributed by atoms with Crippen LogP contribution in [0.15, 0.2) is 35.6 Å². The van der Waals surface area contributed by atoms with Gasteiger partial charge in [-0.2, -0.15) is 4.68 Å². The third kappa shape index (κ3) is 3.90. The second kappa shape index (κ2) is 6.26. The third-order valence-corrected chi connectivity index (χ3v) is 3.84. The summed E-state index contributed by atoms with van der Waals surface area (Å²) in [4.78, 5) is 0. The molecule has 0 fully saturated rings. The van der Waals surface area contributed by atoms with E-state index in [4.69, 9.17) is 39.5 Å². The smallest absolute Gasteiger partial charge is 0.237 e. The van der Waals surface area contributed by atoms with Gasteiger partial charge in [0.05, 0.1) is 22.4 Å². The second-order valence-corrected chi connectivity index (χ2v) is 6.62. The molecule has 1 aromatic heterocycles. The Labute approximate surface area is 138 Å². The summed E-state index contributed by atoms with van der Waals surface area (Å²) in [6.45, 7) is 5.91. The van der Waals surface area contributed by atoms with Crippen molar-refractivity contribution in [1.82, 2.24) is 15.0 Å². The topological polar surface area (TPSA) is 39.9 Å². The number of nitrogens with zero attached hydrogens (tertiary/aromatic N) is 3. The zero-order valence-corrected chi connectivity index (χ0v) is 14.0. The normalized spacial score (nSPS) is 13.0. The summed E-state index contributed by atoms with van der Waals surface area (Å²) in [7, 11) is 0. The Morgan fingerprint density at radius 3 is 2.48 bits per heavy atom. The molecule has 0 radical (unpaired) electrons. The predicted octanol–water partition coefficient (Wildman–Crippen LogP) is 5.07. The van der Waals surface area contributed by atoms with E-state index in [2.05, 4.69) is 10.3 Å². The molecule has 4 nitrogen and oxygen atoms in total. The molecular weight excluding hydrogens is 333 g/mol. The quantitative estimate of drug-likeness (QED) is 0.728. The lowest BCUT2D eigenvalue weighted by Crippen LogP contribution is -2.15. The van der Waals surface area contributed by atoms with Crippen molar-refractivity contribution in [2.75, 3.05) is 0 Å². The first-order valence-electron chi connectivity index (χ1n) is 6.19. The van der Waals surface area contributed by atoms with E-state index in [9.17, 15) is 0 Å². The number of benzene rings is 1. The Balaban J connectivity index is 2.47. The predicted molar refractivity (Wildman–Crippen MR) is 85.6 cm³/mol. The zero-order chi connectivity index (χ0) is 15.6. The standard InChI is InChI=1S/C14H14Cl3N3O/c1-14(2,3)12(17)13(20-7-6-18-19-20)21-11-5-4-9(15)8-10(11)16/h4-8H,1-3H3/b13-12+. The summed E-state index contributed by atoms with van der Waals surface area (Å²) >= 11 is 18.5. The molecule has 0 unspecified atom stereocenters. The average molecular weight is 347 g/mol. The highest BCUT2D eigenvalue weighted by molar-refractivity contribution is 6.35.